The van der Waals surface area contributed by atoms with E-state index in [9.17, 15) is 4.79 Å². The maximum absolute atomic E-state index is 12.2. The van der Waals surface area contributed by atoms with Crippen LogP contribution in [0.25, 0.3) is 6.08 Å². The molecule has 23 heavy (non-hydrogen) atoms. The number of halogens is 1. The van der Waals surface area contributed by atoms with Crippen LogP contribution in [0, 0.1) is 0 Å². The smallest absolute Gasteiger partial charge is 0.250 e. The number of benzene rings is 2. The number of hydrogen-bond donors (Lipinski definition) is 0. The van der Waals surface area contributed by atoms with Crippen LogP contribution >= 0.6 is 11.6 Å². The van der Waals surface area contributed by atoms with Gasteiger partial charge in [-0.1, -0.05) is 29.8 Å². The van der Waals surface area contributed by atoms with Crippen molar-refractivity contribution < 1.29 is 14.3 Å². The van der Waals surface area contributed by atoms with Crippen LogP contribution in [-0.4, -0.2) is 26.2 Å². The Morgan fingerprint density at radius 3 is 2.70 bits per heavy atom. The van der Waals surface area contributed by atoms with Crippen molar-refractivity contribution in [3.63, 3.8) is 0 Å². The zero-order chi connectivity index (χ0) is 16.2. The molecule has 0 aliphatic carbocycles. The van der Waals surface area contributed by atoms with Crippen molar-refractivity contribution in [1.82, 2.24) is 0 Å². The quantitative estimate of drug-likeness (QED) is 0.804. The Balaban J connectivity index is 1.77. The van der Waals surface area contributed by atoms with Gasteiger partial charge in [-0.2, -0.15) is 0 Å². The van der Waals surface area contributed by atoms with Crippen molar-refractivity contribution in [2.75, 3.05) is 25.2 Å². The summed E-state index contributed by atoms with van der Waals surface area (Å²) in [5, 5.41) is 0.478. The van der Waals surface area contributed by atoms with Crippen molar-refractivity contribution in [3.8, 4) is 11.5 Å². The van der Waals surface area contributed by atoms with E-state index in [2.05, 4.69) is 0 Å². The van der Waals surface area contributed by atoms with E-state index in [1.54, 1.807) is 24.1 Å². The van der Waals surface area contributed by atoms with Crippen LogP contribution in [0.1, 0.15) is 5.56 Å². The molecule has 2 aromatic rings. The second-order valence-electron chi connectivity index (χ2n) is 5.09. The summed E-state index contributed by atoms with van der Waals surface area (Å²) in [6.45, 7) is 0.981. The molecular weight excluding hydrogens is 314 g/mol. The Labute approximate surface area is 139 Å². The van der Waals surface area contributed by atoms with E-state index in [1.165, 1.54) is 6.08 Å². The highest BCUT2D eigenvalue weighted by molar-refractivity contribution is 6.32. The second kappa shape index (κ2) is 6.75. The van der Waals surface area contributed by atoms with Crippen LogP contribution in [0.4, 0.5) is 5.69 Å². The molecule has 1 aliphatic rings. The molecule has 3 rings (SSSR count). The lowest BCUT2D eigenvalue weighted by molar-refractivity contribution is -0.113. The summed E-state index contributed by atoms with van der Waals surface area (Å²) < 4.78 is 11.0. The SMILES string of the molecule is CN(C(=O)C=Cc1cc(Cl)c2c(c1)OCCO2)c1ccccc1. The van der Waals surface area contributed by atoms with Crippen molar-refractivity contribution >= 4 is 29.3 Å². The number of para-hydroxylation sites is 1. The molecule has 0 saturated carbocycles. The Morgan fingerprint density at radius 2 is 1.91 bits per heavy atom. The monoisotopic (exact) mass is 329 g/mol. The number of likely N-dealkylation sites (N-methyl/N-ethyl adjacent to an activating group) is 1. The Bertz CT molecular complexity index is 743. The van der Waals surface area contributed by atoms with Crippen LogP contribution in [0.5, 0.6) is 11.5 Å². The summed E-state index contributed by atoms with van der Waals surface area (Å²) in [5.41, 5.74) is 1.62. The van der Waals surface area contributed by atoms with E-state index in [0.29, 0.717) is 29.7 Å². The average molecular weight is 330 g/mol. The number of carbonyl (C=O) groups excluding carboxylic acids is 1. The number of hydrogen-bond acceptors (Lipinski definition) is 3. The van der Waals surface area contributed by atoms with Gasteiger partial charge < -0.3 is 14.4 Å². The van der Waals surface area contributed by atoms with Crippen LogP contribution in [-0.2, 0) is 4.79 Å². The van der Waals surface area contributed by atoms with Crippen molar-refractivity contribution in [1.29, 1.82) is 0 Å². The molecule has 0 N–H and O–H groups in total. The highest BCUT2D eigenvalue weighted by atomic mass is 35.5. The Morgan fingerprint density at radius 1 is 1.17 bits per heavy atom. The number of carbonyl (C=O) groups is 1. The van der Waals surface area contributed by atoms with Gasteiger partial charge in [-0.3, -0.25) is 4.79 Å². The number of ether oxygens (including phenoxy) is 2. The first kappa shape index (κ1) is 15.4. The number of anilines is 1. The third-order valence-electron chi connectivity index (χ3n) is 3.51. The fraction of sp³-hybridized carbons (Fsp3) is 0.167. The molecule has 5 heteroatoms. The summed E-state index contributed by atoms with van der Waals surface area (Å²) in [7, 11) is 1.73. The van der Waals surface area contributed by atoms with Crippen molar-refractivity contribution in [3.05, 3.63) is 59.1 Å². The maximum atomic E-state index is 12.2. The number of nitrogens with zero attached hydrogens (tertiary/aromatic N) is 1. The second-order valence-corrected chi connectivity index (χ2v) is 5.50. The topological polar surface area (TPSA) is 38.8 Å². The molecule has 2 aromatic carbocycles. The molecule has 0 unspecified atom stereocenters. The standard InChI is InChI=1S/C18H16ClNO3/c1-20(14-5-3-2-4-6-14)17(21)8-7-13-11-15(19)18-16(12-13)22-9-10-23-18/h2-8,11-12H,9-10H2,1H3. The van der Waals surface area contributed by atoms with Crippen LogP contribution in [0.2, 0.25) is 5.02 Å². The lowest BCUT2D eigenvalue weighted by Crippen LogP contribution is -2.23. The molecule has 1 amide bonds. The summed E-state index contributed by atoms with van der Waals surface area (Å²) in [6, 6.07) is 13.0. The third kappa shape index (κ3) is 3.48. The highest BCUT2D eigenvalue weighted by Crippen LogP contribution is 2.38. The van der Waals surface area contributed by atoms with Crippen molar-refractivity contribution in [2.45, 2.75) is 0 Å². The van der Waals surface area contributed by atoms with E-state index < -0.39 is 0 Å². The first-order chi connectivity index (χ1) is 11.1. The van der Waals surface area contributed by atoms with Gasteiger partial charge in [0.05, 0.1) is 5.02 Å². The van der Waals surface area contributed by atoms with E-state index in [-0.39, 0.29) is 5.91 Å². The average Bonchev–Trinajstić information content (AvgIpc) is 2.60. The molecule has 0 bridgehead atoms. The van der Waals surface area contributed by atoms with Gasteiger partial charge in [0, 0.05) is 18.8 Å². The third-order valence-corrected chi connectivity index (χ3v) is 3.79. The van der Waals surface area contributed by atoms with E-state index in [1.807, 2.05) is 36.4 Å². The lowest BCUT2D eigenvalue weighted by Gasteiger charge is -2.19. The maximum Gasteiger partial charge on any atom is 0.250 e. The lowest BCUT2D eigenvalue weighted by atomic mass is 10.1. The van der Waals surface area contributed by atoms with Gasteiger partial charge in [-0.15, -0.1) is 0 Å². The molecule has 0 aromatic heterocycles. The van der Waals surface area contributed by atoms with Crippen LogP contribution in [0.15, 0.2) is 48.5 Å². The minimum Gasteiger partial charge on any atom is -0.486 e. The molecule has 1 aliphatic heterocycles. The van der Waals surface area contributed by atoms with Crippen LogP contribution in [0.3, 0.4) is 0 Å². The van der Waals surface area contributed by atoms with Crippen LogP contribution < -0.4 is 14.4 Å². The first-order valence-electron chi connectivity index (χ1n) is 7.25. The molecule has 0 radical (unpaired) electrons. The van der Waals surface area contributed by atoms with Crippen molar-refractivity contribution in [2.24, 2.45) is 0 Å². The zero-order valence-corrected chi connectivity index (χ0v) is 13.4. The summed E-state index contributed by atoms with van der Waals surface area (Å²) in [5.74, 6) is 1.04. The van der Waals surface area contributed by atoms with Gasteiger partial charge >= 0.3 is 0 Å². The molecule has 0 spiro atoms. The molecule has 118 valence electrons. The largest absolute Gasteiger partial charge is 0.486 e. The molecule has 0 fully saturated rings. The van der Waals surface area contributed by atoms with Gasteiger partial charge in [0.1, 0.15) is 13.2 Å². The molecule has 0 atom stereocenters. The predicted octanol–water partition coefficient (Wildman–Crippen LogP) is 3.79. The summed E-state index contributed by atoms with van der Waals surface area (Å²) >= 11 is 6.19. The van der Waals surface area contributed by atoms with E-state index in [0.717, 1.165) is 11.3 Å². The Kier molecular flexibility index (Phi) is 4.53. The van der Waals surface area contributed by atoms with E-state index in [4.69, 9.17) is 21.1 Å². The first-order valence-corrected chi connectivity index (χ1v) is 7.63. The normalized spacial score (nSPS) is 13.1. The van der Waals surface area contributed by atoms with Gasteiger partial charge in [0.15, 0.2) is 11.5 Å². The predicted molar refractivity (Wildman–Crippen MR) is 91.3 cm³/mol. The minimum atomic E-state index is -0.123. The molecule has 0 saturated heterocycles. The summed E-state index contributed by atoms with van der Waals surface area (Å²) in [6.07, 6.45) is 3.22. The molecular formula is C18H16ClNO3. The number of fused-ring (bicyclic) bond motifs is 1. The number of rotatable bonds is 3. The van der Waals surface area contributed by atoms with E-state index >= 15 is 0 Å². The fourth-order valence-corrected chi connectivity index (χ4v) is 2.56. The van der Waals surface area contributed by atoms with Gasteiger partial charge in [0.2, 0.25) is 0 Å². The van der Waals surface area contributed by atoms with Gasteiger partial charge in [-0.05, 0) is 35.9 Å². The molecule has 4 nitrogen and oxygen atoms in total. The highest BCUT2D eigenvalue weighted by Gasteiger charge is 2.16. The zero-order valence-electron chi connectivity index (χ0n) is 12.7. The minimum absolute atomic E-state index is 0.123. The molecule has 1 heterocycles. The van der Waals surface area contributed by atoms with Gasteiger partial charge in [-0.25, -0.2) is 0 Å². The summed E-state index contributed by atoms with van der Waals surface area (Å²) in [4.78, 5) is 13.8. The number of amides is 1. The van der Waals surface area contributed by atoms with Gasteiger partial charge in [0.25, 0.3) is 5.91 Å². The Hall–Kier alpha value is -2.46. The fourth-order valence-electron chi connectivity index (χ4n) is 2.29.